The van der Waals surface area contributed by atoms with Crippen molar-refractivity contribution in [2.45, 2.75) is 0 Å². The Balaban J connectivity index is 1.18. The minimum atomic E-state index is 0.882. The van der Waals surface area contributed by atoms with Crippen LogP contribution in [0.2, 0.25) is 0 Å². The first-order valence-electron chi connectivity index (χ1n) is 13.5. The Morgan fingerprint density at radius 1 is 0.452 bits per heavy atom. The van der Waals surface area contributed by atoms with Crippen LogP contribution in [0.15, 0.2) is 108 Å². The van der Waals surface area contributed by atoms with Gasteiger partial charge in [-0.1, -0.05) is 36.4 Å². The summed E-state index contributed by atoms with van der Waals surface area (Å²) in [6.45, 7) is 0. The van der Waals surface area contributed by atoms with Crippen molar-refractivity contribution in [2.24, 2.45) is 0 Å². The van der Waals surface area contributed by atoms with Crippen LogP contribution >= 0.6 is 45.3 Å². The molecule has 10 aromatic rings. The van der Waals surface area contributed by atoms with Gasteiger partial charge in [0.1, 0.15) is 10.0 Å². The number of fused-ring (bicyclic) bond motifs is 8. The lowest BCUT2D eigenvalue weighted by atomic mass is 10.1. The summed E-state index contributed by atoms with van der Waals surface area (Å²) in [5.74, 6) is 0. The summed E-state index contributed by atoms with van der Waals surface area (Å²) >= 11 is 7.24. The molecule has 0 radical (unpaired) electrons. The number of nitrogens with zero attached hydrogens (tertiary/aromatic N) is 4. The van der Waals surface area contributed by atoms with Crippen LogP contribution in [0.5, 0.6) is 0 Å². The standard InChI is InChI=1S/C34H18N4S4/c1-3-7-25-19(5-1)21-13-23(35-17-27(21)37(25)33-15-31-29(41-33)9-11-39-31)24-14-22-20-6-2-4-8-26(20)38(28(22)18-36-24)34-16-32-30(42-34)10-12-40-32/h1-18H. The minimum absolute atomic E-state index is 0.882. The third-order valence-corrected chi connectivity index (χ3v) is 12.2. The van der Waals surface area contributed by atoms with Crippen LogP contribution in [-0.4, -0.2) is 19.1 Å². The molecule has 198 valence electrons. The highest BCUT2D eigenvalue weighted by Crippen LogP contribution is 2.41. The summed E-state index contributed by atoms with van der Waals surface area (Å²) < 4.78 is 10.0. The fourth-order valence-electron chi connectivity index (χ4n) is 6.22. The number of hydrogen-bond donors (Lipinski definition) is 0. The molecule has 0 unspecified atom stereocenters. The molecule has 8 heterocycles. The monoisotopic (exact) mass is 610 g/mol. The molecule has 2 aromatic carbocycles. The van der Waals surface area contributed by atoms with Crippen LogP contribution in [0.3, 0.4) is 0 Å². The van der Waals surface area contributed by atoms with Gasteiger partial charge in [-0.25, -0.2) is 0 Å². The third-order valence-electron chi connectivity index (χ3n) is 8.07. The van der Waals surface area contributed by atoms with Gasteiger partial charge >= 0.3 is 0 Å². The number of rotatable bonds is 3. The number of aromatic nitrogens is 4. The smallest absolute Gasteiger partial charge is 0.102 e. The van der Waals surface area contributed by atoms with Gasteiger partial charge in [0.05, 0.1) is 45.8 Å². The van der Waals surface area contributed by atoms with E-state index in [2.05, 4.69) is 105 Å². The highest BCUT2D eigenvalue weighted by atomic mass is 32.1. The number of thiophene rings is 4. The van der Waals surface area contributed by atoms with Gasteiger partial charge in [0, 0.05) is 40.3 Å². The van der Waals surface area contributed by atoms with Crippen LogP contribution in [-0.2, 0) is 0 Å². The van der Waals surface area contributed by atoms with Gasteiger partial charge in [0.25, 0.3) is 0 Å². The largest absolute Gasteiger partial charge is 0.299 e. The lowest BCUT2D eigenvalue weighted by Crippen LogP contribution is -1.93. The van der Waals surface area contributed by atoms with Crippen molar-refractivity contribution in [1.29, 1.82) is 0 Å². The fourth-order valence-corrected chi connectivity index (χ4v) is 10.5. The maximum Gasteiger partial charge on any atom is 0.102 e. The van der Waals surface area contributed by atoms with Crippen LogP contribution in [0.4, 0.5) is 0 Å². The van der Waals surface area contributed by atoms with E-state index in [0.29, 0.717) is 0 Å². The molecule has 0 amide bonds. The third kappa shape index (κ3) is 3.20. The summed E-state index contributed by atoms with van der Waals surface area (Å²) in [5.41, 5.74) is 6.39. The van der Waals surface area contributed by atoms with E-state index in [0.717, 1.165) is 22.4 Å². The Kier molecular flexibility index (Phi) is 4.76. The fraction of sp³-hybridized carbons (Fsp3) is 0. The normalized spacial score (nSPS) is 12.3. The van der Waals surface area contributed by atoms with Crippen LogP contribution < -0.4 is 0 Å². The Bertz CT molecular complexity index is 2410. The van der Waals surface area contributed by atoms with Crippen molar-refractivity contribution in [3.8, 4) is 21.4 Å². The maximum absolute atomic E-state index is 4.99. The van der Waals surface area contributed by atoms with Gasteiger partial charge in [-0.15, -0.1) is 45.3 Å². The molecule has 0 aliphatic carbocycles. The van der Waals surface area contributed by atoms with E-state index in [-0.39, 0.29) is 0 Å². The van der Waals surface area contributed by atoms with Crippen molar-refractivity contribution in [2.75, 3.05) is 0 Å². The zero-order valence-electron chi connectivity index (χ0n) is 21.8. The predicted octanol–water partition coefficient (Wildman–Crippen LogP) is 10.9. The number of pyridine rings is 2. The van der Waals surface area contributed by atoms with Crippen molar-refractivity contribution in [3.05, 3.63) is 108 Å². The number of hydrogen-bond acceptors (Lipinski definition) is 6. The van der Waals surface area contributed by atoms with Crippen molar-refractivity contribution in [3.63, 3.8) is 0 Å². The van der Waals surface area contributed by atoms with E-state index in [1.807, 2.05) is 35.1 Å². The molecule has 0 saturated heterocycles. The van der Waals surface area contributed by atoms with E-state index in [1.54, 1.807) is 22.7 Å². The molecule has 0 bridgehead atoms. The van der Waals surface area contributed by atoms with Crippen LogP contribution in [0.1, 0.15) is 0 Å². The summed E-state index contributed by atoms with van der Waals surface area (Å²) in [4.78, 5) is 9.99. The molecule has 0 fully saturated rings. The molecule has 0 atom stereocenters. The van der Waals surface area contributed by atoms with Gasteiger partial charge < -0.3 is 0 Å². The molecule has 0 aliphatic heterocycles. The Morgan fingerprint density at radius 2 is 0.929 bits per heavy atom. The first-order chi connectivity index (χ1) is 20.8. The quantitative estimate of drug-likeness (QED) is 0.199. The first kappa shape index (κ1) is 23.2. The minimum Gasteiger partial charge on any atom is -0.299 e. The summed E-state index contributed by atoms with van der Waals surface area (Å²) in [6.07, 6.45) is 4.04. The van der Waals surface area contributed by atoms with Gasteiger partial charge in [-0.2, -0.15) is 0 Å². The van der Waals surface area contributed by atoms with Gasteiger partial charge in [-0.3, -0.25) is 19.1 Å². The Morgan fingerprint density at radius 3 is 1.40 bits per heavy atom. The van der Waals surface area contributed by atoms with E-state index in [1.165, 1.54) is 61.4 Å². The number of benzene rings is 2. The highest BCUT2D eigenvalue weighted by Gasteiger charge is 2.19. The zero-order valence-corrected chi connectivity index (χ0v) is 25.1. The molecular formula is C34H18N4S4. The molecule has 0 N–H and O–H groups in total. The molecule has 42 heavy (non-hydrogen) atoms. The van der Waals surface area contributed by atoms with E-state index >= 15 is 0 Å². The Labute approximate surface area is 255 Å². The second-order valence-corrected chi connectivity index (χ2v) is 14.4. The lowest BCUT2D eigenvalue weighted by molar-refractivity contribution is 1.19. The molecule has 8 heteroatoms. The van der Waals surface area contributed by atoms with Gasteiger partial charge in [-0.05, 0) is 59.3 Å². The molecule has 0 aliphatic rings. The summed E-state index contributed by atoms with van der Waals surface area (Å²) in [5, 5.41) is 11.6. The van der Waals surface area contributed by atoms with Gasteiger partial charge in [0.2, 0.25) is 0 Å². The van der Waals surface area contributed by atoms with Gasteiger partial charge in [0.15, 0.2) is 0 Å². The summed E-state index contributed by atoms with van der Waals surface area (Å²) in [7, 11) is 0. The van der Waals surface area contributed by atoms with E-state index in [4.69, 9.17) is 9.97 Å². The maximum atomic E-state index is 4.99. The van der Waals surface area contributed by atoms with Crippen molar-refractivity contribution >= 4 is 108 Å². The first-order valence-corrected chi connectivity index (χ1v) is 16.9. The molecule has 4 nitrogen and oxygen atoms in total. The SMILES string of the molecule is c1ccc2c(c1)c1cc(-c3cc4c5ccccc5n(-c5cc6sccc6s5)c4cn3)ncc1n2-c1cc2sccc2s1. The van der Waals surface area contributed by atoms with Crippen molar-refractivity contribution in [1.82, 2.24) is 19.1 Å². The van der Waals surface area contributed by atoms with E-state index < -0.39 is 0 Å². The summed E-state index contributed by atoms with van der Waals surface area (Å²) in [6, 6.07) is 30.7. The molecular weight excluding hydrogens is 593 g/mol. The average Bonchev–Trinajstić information content (AvgIpc) is 3.85. The van der Waals surface area contributed by atoms with Crippen LogP contribution in [0.25, 0.3) is 83.8 Å². The number of para-hydroxylation sites is 2. The molecule has 8 aromatic heterocycles. The van der Waals surface area contributed by atoms with Crippen molar-refractivity contribution < 1.29 is 0 Å². The second-order valence-electron chi connectivity index (χ2n) is 10.3. The molecule has 10 rings (SSSR count). The predicted molar refractivity (Wildman–Crippen MR) is 183 cm³/mol. The van der Waals surface area contributed by atoms with E-state index in [9.17, 15) is 0 Å². The highest BCUT2D eigenvalue weighted by molar-refractivity contribution is 7.28. The molecule has 0 saturated carbocycles. The molecule has 0 spiro atoms. The lowest BCUT2D eigenvalue weighted by Gasteiger charge is -2.06. The average molecular weight is 611 g/mol. The Hall–Kier alpha value is -4.34. The second kappa shape index (κ2) is 8.59. The van der Waals surface area contributed by atoms with Crippen LogP contribution in [0, 0.1) is 0 Å². The zero-order chi connectivity index (χ0) is 27.4. The topological polar surface area (TPSA) is 35.6 Å².